The Hall–Kier alpha value is -2.91. The molecule has 0 aliphatic heterocycles. The number of H-pyrrole nitrogens is 1. The number of rotatable bonds is 6. The van der Waals surface area contributed by atoms with Crippen LogP contribution in [0, 0.1) is 17.2 Å². The molecule has 3 rings (SSSR count). The van der Waals surface area contributed by atoms with Gasteiger partial charge in [0.25, 0.3) is 5.56 Å². The van der Waals surface area contributed by atoms with Gasteiger partial charge in [0.1, 0.15) is 11.6 Å². The van der Waals surface area contributed by atoms with Gasteiger partial charge in [-0.1, -0.05) is 44.2 Å². The van der Waals surface area contributed by atoms with Crippen LogP contribution in [0.25, 0.3) is 5.65 Å². The van der Waals surface area contributed by atoms with Crippen molar-refractivity contribution < 1.29 is 0 Å². The molecule has 0 saturated carbocycles. The average molecular weight is 335 g/mol. The molecule has 6 nitrogen and oxygen atoms in total. The fraction of sp³-hybridized carbons (Fsp3) is 0.316. The molecule has 1 atom stereocenters. The topological polar surface area (TPSA) is 86.0 Å². The van der Waals surface area contributed by atoms with Crippen LogP contribution < -0.4 is 10.9 Å². The molecule has 128 valence electrons. The van der Waals surface area contributed by atoms with Gasteiger partial charge in [0, 0.05) is 24.8 Å². The number of benzene rings is 1. The Morgan fingerprint density at radius 1 is 1.32 bits per heavy atom. The molecule has 0 fully saturated rings. The SMILES string of the molecule is CC(C)C(Cc1ccccc1)NCc1cc(=O)n2[nH]cc(C#N)c2n1. The Bertz CT molecular complexity index is 949. The summed E-state index contributed by atoms with van der Waals surface area (Å²) in [7, 11) is 0. The van der Waals surface area contributed by atoms with Crippen molar-refractivity contribution >= 4 is 5.65 Å². The first-order chi connectivity index (χ1) is 12.1. The van der Waals surface area contributed by atoms with Crippen LogP contribution in [0.4, 0.5) is 0 Å². The predicted molar refractivity (Wildman–Crippen MR) is 96.1 cm³/mol. The minimum Gasteiger partial charge on any atom is -0.308 e. The second-order valence-electron chi connectivity index (χ2n) is 6.46. The number of aromatic amines is 1. The van der Waals surface area contributed by atoms with Crippen LogP contribution in [0.5, 0.6) is 0 Å². The van der Waals surface area contributed by atoms with Crippen molar-refractivity contribution in [3.8, 4) is 6.07 Å². The van der Waals surface area contributed by atoms with E-state index in [1.807, 2.05) is 24.3 Å². The molecule has 0 bridgehead atoms. The summed E-state index contributed by atoms with van der Waals surface area (Å²) in [5.41, 5.74) is 2.43. The van der Waals surface area contributed by atoms with Crippen molar-refractivity contribution in [3.05, 3.63) is 69.8 Å². The Labute approximate surface area is 146 Å². The molecule has 2 heterocycles. The number of aromatic nitrogens is 3. The van der Waals surface area contributed by atoms with Crippen molar-refractivity contribution in [2.75, 3.05) is 0 Å². The van der Waals surface area contributed by atoms with Crippen molar-refractivity contribution in [3.63, 3.8) is 0 Å². The molecule has 0 spiro atoms. The van der Waals surface area contributed by atoms with Gasteiger partial charge < -0.3 is 5.32 Å². The first-order valence-corrected chi connectivity index (χ1v) is 8.36. The molecule has 3 aromatic rings. The molecule has 1 unspecified atom stereocenters. The Balaban J connectivity index is 1.78. The summed E-state index contributed by atoms with van der Waals surface area (Å²) in [5, 5.41) is 15.4. The Morgan fingerprint density at radius 3 is 2.76 bits per heavy atom. The molecule has 25 heavy (non-hydrogen) atoms. The van der Waals surface area contributed by atoms with E-state index in [1.54, 1.807) is 0 Å². The number of fused-ring (bicyclic) bond motifs is 1. The molecular weight excluding hydrogens is 314 g/mol. The van der Waals surface area contributed by atoms with Gasteiger partial charge in [0.2, 0.25) is 0 Å². The Kier molecular flexibility index (Phi) is 4.96. The molecule has 1 aromatic carbocycles. The van der Waals surface area contributed by atoms with Crippen molar-refractivity contribution in [2.24, 2.45) is 5.92 Å². The third-order valence-electron chi connectivity index (χ3n) is 4.32. The first kappa shape index (κ1) is 16.9. The highest BCUT2D eigenvalue weighted by Crippen LogP contribution is 2.11. The van der Waals surface area contributed by atoms with Gasteiger partial charge in [-0.25, -0.2) is 9.50 Å². The summed E-state index contributed by atoms with van der Waals surface area (Å²) in [6.45, 7) is 4.83. The highest BCUT2D eigenvalue weighted by atomic mass is 16.1. The Morgan fingerprint density at radius 2 is 2.08 bits per heavy atom. The highest BCUT2D eigenvalue weighted by Gasteiger charge is 2.15. The monoisotopic (exact) mass is 335 g/mol. The molecule has 0 radical (unpaired) electrons. The number of nitriles is 1. The fourth-order valence-corrected chi connectivity index (χ4v) is 2.85. The summed E-state index contributed by atoms with van der Waals surface area (Å²) in [6, 6.07) is 14.1. The summed E-state index contributed by atoms with van der Waals surface area (Å²) in [4.78, 5) is 16.6. The van der Waals surface area contributed by atoms with Crippen LogP contribution in [0.1, 0.15) is 30.7 Å². The number of hydrogen-bond donors (Lipinski definition) is 2. The lowest BCUT2D eigenvalue weighted by molar-refractivity contribution is 0.393. The smallest absolute Gasteiger partial charge is 0.272 e. The summed E-state index contributed by atoms with van der Waals surface area (Å²) in [5.74, 6) is 0.437. The van der Waals surface area contributed by atoms with E-state index < -0.39 is 0 Å². The van der Waals surface area contributed by atoms with Gasteiger partial charge in [-0.2, -0.15) is 5.26 Å². The highest BCUT2D eigenvalue weighted by molar-refractivity contribution is 5.53. The molecule has 2 aromatic heterocycles. The molecule has 0 amide bonds. The maximum absolute atomic E-state index is 12.2. The number of nitrogens with one attached hydrogen (secondary N) is 2. The molecule has 2 N–H and O–H groups in total. The second-order valence-corrected chi connectivity index (χ2v) is 6.46. The van der Waals surface area contributed by atoms with Crippen LogP contribution in [0.3, 0.4) is 0 Å². The molecular formula is C19H21N5O. The third-order valence-corrected chi connectivity index (χ3v) is 4.32. The largest absolute Gasteiger partial charge is 0.308 e. The van der Waals surface area contributed by atoms with Crippen molar-refractivity contribution in [1.29, 1.82) is 5.26 Å². The minimum atomic E-state index is -0.215. The lowest BCUT2D eigenvalue weighted by Crippen LogP contribution is -2.36. The number of nitrogens with zero attached hydrogens (tertiary/aromatic N) is 3. The maximum Gasteiger partial charge on any atom is 0.272 e. The van der Waals surface area contributed by atoms with Crippen LogP contribution in [0.2, 0.25) is 0 Å². The third kappa shape index (κ3) is 3.78. The van der Waals surface area contributed by atoms with E-state index in [9.17, 15) is 4.79 Å². The average Bonchev–Trinajstić information content (AvgIpc) is 3.03. The van der Waals surface area contributed by atoms with Crippen LogP contribution in [0.15, 0.2) is 47.4 Å². The van der Waals surface area contributed by atoms with E-state index in [0.29, 0.717) is 29.4 Å². The molecule has 6 heteroatoms. The van der Waals surface area contributed by atoms with Gasteiger partial charge in [-0.3, -0.25) is 9.89 Å². The fourth-order valence-electron chi connectivity index (χ4n) is 2.85. The normalized spacial score (nSPS) is 12.4. The van der Waals surface area contributed by atoms with Gasteiger partial charge in [0.15, 0.2) is 5.65 Å². The summed E-state index contributed by atoms with van der Waals surface area (Å²) < 4.78 is 1.28. The van der Waals surface area contributed by atoms with E-state index in [1.165, 1.54) is 22.3 Å². The van der Waals surface area contributed by atoms with Gasteiger partial charge in [0.05, 0.1) is 5.69 Å². The lowest BCUT2D eigenvalue weighted by atomic mass is 9.96. The summed E-state index contributed by atoms with van der Waals surface area (Å²) in [6.07, 6.45) is 2.40. The maximum atomic E-state index is 12.2. The van der Waals surface area contributed by atoms with E-state index in [0.717, 1.165) is 6.42 Å². The zero-order chi connectivity index (χ0) is 17.8. The van der Waals surface area contributed by atoms with E-state index in [-0.39, 0.29) is 11.6 Å². The van der Waals surface area contributed by atoms with Crippen LogP contribution in [-0.2, 0) is 13.0 Å². The van der Waals surface area contributed by atoms with Gasteiger partial charge in [-0.05, 0) is 17.9 Å². The minimum absolute atomic E-state index is 0.215. The zero-order valence-corrected chi connectivity index (χ0v) is 14.4. The van der Waals surface area contributed by atoms with Gasteiger partial charge >= 0.3 is 0 Å². The van der Waals surface area contributed by atoms with E-state index in [2.05, 4.69) is 41.4 Å². The van der Waals surface area contributed by atoms with Gasteiger partial charge in [-0.15, -0.1) is 0 Å². The molecule has 0 saturated heterocycles. The second kappa shape index (κ2) is 7.32. The van der Waals surface area contributed by atoms with Crippen LogP contribution in [-0.4, -0.2) is 20.6 Å². The zero-order valence-electron chi connectivity index (χ0n) is 14.4. The van der Waals surface area contributed by atoms with Crippen molar-refractivity contribution in [1.82, 2.24) is 19.9 Å². The lowest BCUT2D eigenvalue weighted by Gasteiger charge is -2.22. The van der Waals surface area contributed by atoms with Crippen LogP contribution >= 0.6 is 0 Å². The standard InChI is InChI=1S/C19H21N5O/c1-13(2)17(8-14-6-4-3-5-7-14)21-12-16-9-18(25)24-19(23-16)15(10-20)11-22-24/h3-7,9,11,13,17,21-22H,8,12H2,1-2H3. The quantitative estimate of drug-likeness (QED) is 0.723. The van der Waals surface area contributed by atoms with E-state index in [4.69, 9.17) is 5.26 Å². The first-order valence-electron chi connectivity index (χ1n) is 8.36. The molecule has 0 aliphatic carbocycles. The number of hydrogen-bond acceptors (Lipinski definition) is 4. The van der Waals surface area contributed by atoms with E-state index >= 15 is 0 Å². The van der Waals surface area contributed by atoms with Crippen molar-refractivity contribution in [2.45, 2.75) is 32.9 Å². The predicted octanol–water partition coefficient (Wildman–Crippen LogP) is 2.25. The molecule has 0 aliphatic rings. The summed E-state index contributed by atoms with van der Waals surface area (Å²) >= 11 is 0.